The number of aromatic amines is 1. The third-order valence-corrected chi connectivity index (χ3v) is 3.84. The molecule has 104 valence electrons. The van der Waals surface area contributed by atoms with Crippen molar-refractivity contribution in [1.82, 2.24) is 15.3 Å². The predicted octanol–water partition coefficient (Wildman–Crippen LogP) is 1.71. The van der Waals surface area contributed by atoms with E-state index in [2.05, 4.69) is 21.4 Å². The van der Waals surface area contributed by atoms with Gasteiger partial charge in [-0.25, -0.2) is 4.98 Å². The van der Waals surface area contributed by atoms with Gasteiger partial charge in [-0.15, -0.1) is 0 Å². The van der Waals surface area contributed by atoms with Crippen LogP contribution >= 0.6 is 0 Å². The molecule has 0 aliphatic carbocycles. The van der Waals surface area contributed by atoms with Gasteiger partial charge < -0.3 is 10.1 Å². The molecular weight excluding hydrogens is 254 g/mol. The summed E-state index contributed by atoms with van der Waals surface area (Å²) in [5, 5.41) is 12.5. The first-order chi connectivity index (χ1) is 9.56. The summed E-state index contributed by atoms with van der Waals surface area (Å²) in [4.78, 5) is 18.7. The highest BCUT2D eigenvalue weighted by molar-refractivity contribution is 5.74. The molecule has 1 aliphatic rings. The number of carboxylic acids is 1. The quantitative estimate of drug-likeness (QED) is 0.777. The average Bonchev–Trinajstić information content (AvgIpc) is 2.86. The largest absolute Gasteiger partial charge is 0.480 e. The molecule has 2 heterocycles. The van der Waals surface area contributed by atoms with E-state index in [1.54, 1.807) is 6.33 Å². The molecule has 2 atom stereocenters. The van der Waals surface area contributed by atoms with E-state index in [0.717, 1.165) is 22.5 Å². The van der Waals surface area contributed by atoms with Gasteiger partial charge in [0.1, 0.15) is 6.04 Å². The first-order valence-corrected chi connectivity index (χ1v) is 6.64. The minimum Gasteiger partial charge on any atom is -0.480 e. The molecule has 2 aromatic rings. The van der Waals surface area contributed by atoms with Gasteiger partial charge in [0.15, 0.2) is 0 Å². The Morgan fingerprint density at radius 2 is 2.20 bits per heavy atom. The minimum absolute atomic E-state index is 0.174. The molecule has 1 aliphatic heterocycles. The maximum atomic E-state index is 11.3. The summed E-state index contributed by atoms with van der Waals surface area (Å²) in [5.41, 5.74) is 5.21. The second kappa shape index (κ2) is 4.76. The maximum absolute atomic E-state index is 11.3. The van der Waals surface area contributed by atoms with Gasteiger partial charge in [-0.05, 0) is 25.0 Å². The Labute approximate surface area is 117 Å². The Morgan fingerprint density at radius 1 is 1.40 bits per heavy atom. The Morgan fingerprint density at radius 3 is 2.90 bits per heavy atom. The van der Waals surface area contributed by atoms with Gasteiger partial charge in [-0.3, -0.25) is 10.1 Å². The number of nitrogens with zero attached hydrogens (tertiary/aromatic N) is 1. The molecule has 0 fully saturated rings. The number of imidazole rings is 1. The normalized spacial score (nSPS) is 21.5. The third-order valence-electron chi connectivity index (χ3n) is 3.84. The summed E-state index contributed by atoms with van der Waals surface area (Å²) in [6.07, 6.45) is 2.07. The van der Waals surface area contributed by atoms with Gasteiger partial charge in [0.2, 0.25) is 0 Å². The number of aliphatic carboxylic acids is 1. The van der Waals surface area contributed by atoms with Gasteiger partial charge in [0, 0.05) is 12.1 Å². The van der Waals surface area contributed by atoms with Crippen LogP contribution in [0.5, 0.6) is 0 Å². The summed E-state index contributed by atoms with van der Waals surface area (Å²) in [7, 11) is 0. The van der Waals surface area contributed by atoms with E-state index in [0.29, 0.717) is 6.42 Å². The Bertz CT molecular complexity index is 663. The second-order valence-electron chi connectivity index (χ2n) is 5.32. The summed E-state index contributed by atoms with van der Waals surface area (Å²) in [6, 6.07) is 5.43. The average molecular weight is 271 g/mol. The molecule has 0 bridgehead atoms. The molecule has 1 aromatic heterocycles. The summed E-state index contributed by atoms with van der Waals surface area (Å²) in [5.74, 6) is -0.833. The van der Waals surface area contributed by atoms with Gasteiger partial charge in [0.05, 0.1) is 18.1 Å². The molecular formula is C15H17N3O2. The molecule has 0 unspecified atom stereocenters. The molecule has 0 saturated heterocycles. The molecule has 1 aromatic carbocycles. The van der Waals surface area contributed by atoms with Crippen molar-refractivity contribution in [2.75, 3.05) is 0 Å². The van der Waals surface area contributed by atoms with Crippen molar-refractivity contribution in [3.05, 3.63) is 52.6 Å². The molecule has 5 nitrogen and oxygen atoms in total. The number of carboxylic acid groups (broad SMARTS) is 1. The number of fused-ring (bicyclic) bond motifs is 1. The highest BCUT2D eigenvalue weighted by atomic mass is 16.4. The van der Waals surface area contributed by atoms with Gasteiger partial charge in [-0.1, -0.05) is 23.8 Å². The highest BCUT2D eigenvalue weighted by Crippen LogP contribution is 2.30. The van der Waals surface area contributed by atoms with Crippen molar-refractivity contribution in [3.63, 3.8) is 0 Å². The molecule has 0 amide bonds. The van der Waals surface area contributed by atoms with E-state index in [9.17, 15) is 9.90 Å². The van der Waals surface area contributed by atoms with Crippen LogP contribution in [0.15, 0.2) is 24.5 Å². The van der Waals surface area contributed by atoms with Crippen molar-refractivity contribution in [2.45, 2.75) is 32.4 Å². The molecule has 0 saturated carbocycles. The number of H-pyrrole nitrogens is 1. The Balaban J connectivity index is 2.06. The van der Waals surface area contributed by atoms with Crippen LogP contribution in [-0.2, 0) is 11.2 Å². The number of aryl methyl sites for hydroxylation is 2. The number of nitrogens with one attached hydrogen (secondary N) is 2. The third kappa shape index (κ3) is 2.10. The molecule has 0 spiro atoms. The Hall–Kier alpha value is -2.14. The van der Waals surface area contributed by atoms with Crippen molar-refractivity contribution < 1.29 is 9.90 Å². The minimum atomic E-state index is -0.833. The van der Waals surface area contributed by atoms with Crippen LogP contribution in [0.1, 0.15) is 34.1 Å². The number of carbonyl (C=O) groups is 1. The molecule has 5 heteroatoms. The standard InChI is InChI=1S/C15H17N3O2/c1-8-3-4-10(9(2)5-8)13-14-11(16-7-17-14)6-12(18-13)15(19)20/h3-5,7,12-13,18H,6H2,1-2H3,(H,16,17)(H,19,20)/t12-,13-/m0/s1. The lowest BCUT2D eigenvalue weighted by Gasteiger charge is -2.29. The van der Waals surface area contributed by atoms with E-state index < -0.39 is 12.0 Å². The fraction of sp³-hybridized carbons (Fsp3) is 0.333. The fourth-order valence-electron chi connectivity index (χ4n) is 2.83. The SMILES string of the molecule is Cc1ccc([C@@H]2N[C@H](C(=O)O)Cc3[nH]cnc32)c(C)c1. The lowest BCUT2D eigenvalue weighted by Crippen LogP contribution is -2.45. The van der Waals surface area contributed by atoms with Crippen LogP contribution in [0.4, 0.5) is 0 Å². The van der Waals surface area contributed by atoms with E-state index in [4.69, 9.17) is 0 Å². The second-order valence-corrected chi connectivity index (χ2v) is 5.32. The predicted molar refractivity (Wildman–Crippen MR) is 74.6 cm³/mol. The van der Waals surface area contributed by atoms with Crippen molar-refractivity contribution in [1.29, 1.82) is 0 Å². The summed E-state index contributed by atoms with van der Waals surface area (Å²) in [6.45, 7) is 4.09. The van der Waals surface area contributed by atoms with E-state index in [1.165, 1.54) is 5.56 Å². The van der Waals surface area contributed by atoms with Crippen LogP contribution in [0.2, 0.25) is 0 Å². The van der Waals surface area contributed by atoms with Gasteiger partial charge >= 0.3 is 5.97 Å². The number of benzene rings is 1. The van der Waals surface area contributed by atoms with Crippen molar-refractivity contribution in [2.24, 2.45) is 0 Å². The molecule has 20 heavy (non-hydrogen) atoms. The molecule has 0 radical (unpaired) electrons. The van der Waals surface area contributed by atoms with E-state index >= 15 is 0 Å². The zero-order valence-corrected chi connectivity index (χ0v) is 11.5. The number of aromatic nitrogens is 2. The van der Waals surface area contributed by atoms with Crippen molar-refractivity contribution >= 4 is 5.97 Å². The smallest absolute Gasteiger partial charge is 0.321 e. The number of rotatable bonds is 2. The van der Waals surface area contributed by atoms with Crippen LogP contribution in [0, 0.1) is 13.8 Å². The van der Waals surface area contributed by atoms with Crippen molar-refractivity contribution in [3.8, 4) is 0 Å². The molecule has 3 N–H and O–H groups in total. The summed E-state index contributed by atoms with van der Waals surface area (Å²) < 4.78 is 0. The van der Waals surface area contributed by atoms with Crippen LogP contribution in [-0.4, -0.2) is 27.1 Å². The fourth-order valence-corrected chi connectivity index (χ4v) is 2.83. The lowest BCUT2D eigenvalue weighted by molar-refractivity contribution is -0.139. The topological polar surface area (TPSA) is 78.0 Å². The first-order valence-electron chi connectivity index (χ1n) is 6.64. The first kappa shape index (κ1) is 12.9. The maximum Gasteiger partial charge on any atom is 0.321 e. The summed E-state index contributed by atoms with van der Waals surface area (Å²) >= 11 is 0. The van der Waals surface area contributed by atoms with Gasteiger partial charge in [-0.2, -0.15) is 0 Å². The zero-order valence-electron chi connectivity index (χ0n) is 11.5. The monoisotopic (exact) mass is 271 g/mol. The van der Waals surface area contributed by atoms with Gasteiger partial charge in [0.25, 0.3) is 0 Å². The van der Waals surface area contributed by atoms with Crippen LogP contribution in [0.25, 0.3) is 0 Å². The highest BCUT2D eigenvalue weighted by Gasteiger charge is 2.33. The number of hydrogen-bond acceptors (Lipinski definition) is 3. The van der Waals surface area contributed by atoms with Crippen LogP contribution in [0.3, 0.4) is 0 Å². The lowest BCUT2D eigenvalue weighted by atomic mass is 9.91. The van der Waals surface area contributed by atoms with E-state index in [1.807, 2.05) is 26.0 Å². The van der Waals surface area contributed by atoms with Crippen LogP contribution < -0.4 is 5.32 Å². The molecule has 3 rings (SSSR count). The zero-order chi connectivity index (χ0) is 14.3. The number of hydrogen-bond donors (Lipinski definition) is 3. The van der Waals surface area contributed by atoms with E-state index in [-0.39, 0.29) is 6.04 Å². The Kier molecular flexibility index (Phi) is 3.06.